The Balaban J connectivity index is 1.70. The monoisotopic (exact) mass is 347 g/mol. The number of hydrogen-bond acceptors (Lipinski definition) is 2. The summed E-state index contributed by atoms with van der Waals surface area (Å²) in [5.41, 5.74) is 6.42. The Morgan fingerprint density at radius 1 is 0.885 bits per heavy atom. The summed E-state index contributed by atoms with van der Waals surface area (Å²) >= 11 is 0. The molecule has 134 valence electrons. The quantitative estimate of drug-likeness (QED) is 0.835. The number of fused-ring (bicyclic) bond motifs is 1. The topological polar surface area (TPSA) is 40.5 Å². The first-order chi connectivity index (χ1) is 12.7. The number of piperidine rings is 1. The van der Waals surface area contributed by atoms with Crippen LogP contribution in [0, 0.1) is 0 Å². The molecule has 2 aromatic rings. The Hall–Kier alpha value is -2.55. The van der Waals surface area contributed by atoms with Gasteiger partial charge in [-0.3, -0.25) is 0 Å². The highest BCUT2D eigenvalue weighted by atomic mass is 16.4. The van der Waals surface area contributed by atoms with E-state index in [2.05, 4.69) is 47.4 Å². The summed E-state index contributed by atoms with van der Waals surface area (Å²) in [5, 5.41) is 9.46. The molecule has 3 heteroatoms. The molecule has 0 radical (unpaired) electrons. The van der Waals surface area contributed by atoms with Crippen LogP contribution in [0.25, 0.3) is 17.2 Å². The van der Waals surface area contributed by atoms with E-state index in [1.165, 1.54) is 30.5 Å². The van der Waals surface area contributed by atoms with Gasteiger partial charge in [0.25, 0.3) is 0 Å². The summed E-state index contributed by atoms with van der Waals surface area (Å²) in [5.74, 6) is -0.798. The van der Waals surface area contributed by atoms with Gasteiger partial charge >= 0.3 is 5.97 Å². The molecule has 1 aliphatic carbocycles. The summed E-state index contributed by atoms with van der Waals surface area (Å²) in [6.45, 7) is 2.29. The molecule has 1 saturated heterocycles. The molecule has 0 amide bonds. The normalized spacial score (nSPS) is 17.2. The third-order valence-electron chi connectivity index (χ3n) is 5.58. The summed E-state index contributed by atoms with van der Waals surface area (Å²) in [7, 11) is 0. The van der Waals surface area contributed by atoms with Gasteiger partial charge in [0.15, 0.2) is 0 Å². The van der Waals surface area contributed by atoms with Crippen LogP contribution in [0.1, 0.15) is 43.2 Å². The number of aryl methyl sites for hydroxylation is 1. The SMILES string of the molecule is O=C(O)C1=Cc2c(cccc2-c2ccc(N3CCCCC3)cc2)CCC1. The molecule has 2 aliphatic rings. The van der Waals surface area contributed by atoms with E-state index in [0.717, 1.165) is 42.6 Å². The maximum absolute atomic E-state index is 11.5. The summed E-state index contributed by atoms with van der Waals surface area (Å²) in [6.07, 6.45) is 8.23. The van der Waals surface area contributed by atoms with Crippen molar-refractivity contribution >= 4 is 17.7 Å². The van der Waals surface area contributed by atoms with Gasteiger partial charge in [-0.15, -0.1) is 0 Å². The molecule has 4 rings (SSSR count). The van der Waals surface area contributed by atoms with Gasteiger partial charge in [0.2, 0.25) is 0 Å². The minimum Gasteiger partial charge on any atom is -0.478 e. The Labute approximate surface area is 155 Å². The molecule has 0 aromatic heterocycles. The number of carboxylic acids is 1. The first-order valence-corrected chi connectivity index (χ1v) is 9.63. The van der Waals surface area contributed by atoms with E-state index in [1.807, 2.05) is 6.08 Å². The van der Waals surface area contributed by atoms with Crippen molar-refractivity contribution in [1.82, 2.24) is 0 Å². The number of rotatable bonds is 3. The Morgan fingerprint density at radius 3 is 2.38 bits per heavy atom. The number of benzene rings is 2. The molecular weight excluding hydrogens is 322 g/mol. The van der Waals surface area contributed by atoms with Crippen molar-refractivity contribution in [3.05, 3.63) is 59.2 Å². The number of anilines is 1. The van der Waals surface area contributed by atoms with Crippen LogP contribution in [-0.2, 0) is 11.2 Å². The third kappa shape index (κ3) is 3.39. The van der Waals surface area contributed by atoms with Gasteiger partial charge in [0, 0.05) is 24.4 Å². The molecule has 3 nitrogen and oxygen atoms in total. The lowest BCUT2D eigenvalue weighted by Gasteiger charge is -2.29. The van der Waals surface area contributed by atoms with Crippen LogP contribution in [0.5, 0.6) is 0 Å². The predicted molar refractivity (Wildman–Crippen MR) is 106 cm³/mol. The summed E-state index contributed by atoms with van der Waals surface area (Å²) < 4.78 is 0. The Kier molecular flexibility index (Phi) is 4.79. The lowest BCUT2D eigenvalue weighted by Crippen LogP contribution is -2.29. The van der Waals surface area contributed by atoms with E-state index in [4.69, 9.17) is 0 Å². The van der Waals surface area contributed by atoms with Gasteiger partial charge in [-0.2, -0.15) is 0 Å². The van der Waals surface area contributed by atoms with Crippen LogP contribution in [0.3, 0.4) is 0 Å². The smallest absolute Gasteiger partial charge is 0.331 e. The van der Waals surface area contributed by atoms with Crippen LogP contribution < -0.4 is 4.90 Å². The number of carbonyl (C=O) groups is 1. The Morgan fingerprint density at radius 2 is 1.65 bits per heavy atom. The van der Waals surface area contributed by atoms with Gasteiger partial charge in [0.1, 0.15) is 0 Å². The largest absolute Gasteiger partial charge is 0.478 e. The molecular formula is C23H25NO2. The molecule has 1 N–H and O–H groups in total. The van der Waals surface area contributed by atoms with Crippen molar-refractivity contribution in [3.63, 3.8) is 0 Å². The van der Waals surface area contributed by atoms with Crippen molar-refractivity contribution in [2.24, 2.45) is 0 Å². The van der Waals surface area contributed by atoms with E-state index in [0.29, 0.717) is 12.0 Å². The molecule has 2 aromatic carbocycles. The van der Waals surface area contributed by atoms with Gasteiger partial charge < -0.3 is 10.0 Å². The van der Waals surface area contributed by atoms with E-state index in [-0.39, 0.29) is 0 Å². The lowest BCUT2D eigenvalue weighted by atomic mass is 9.93. The molecule has 0 bridgehead atoms. The van der Waals surface area contributed by atoms with Crippen molar-refractivity contribution < 1.29 is 9.90 Å². The third-order valence-corrected chi connectivity index (χ3v) is 5.58. The average Bonchev–Trinajstić information content (AvgIpc) is 2.91. The lowest BCUT2D eigenvalue weighted by molar-refractivity contribution is -0.132. The fraction of sp³-hybridized carbons (Fsp3) is 0.348. The average molecular weight is 347 g/mol. The van der Waals surface area contributed by atoms with Gasteiger partial charge in [0.05, 0.1) is 0 Å². The number of carboxylic acid groups (broad SMARTS) is 1. The minimum absolute atomic E-state index is 0.515. The highest BCUT2D eigenvalue weighted by Gasteiger charge is 2.17. The summed E-state index contributed by atoms with van der Waals surface area (Å²) in [4.78, 5) is 14.0. The van der Waals surface area contributed by atoms with Gasteiger partial charge in [-0.1, -0.05) is 30.3 Å². The fourth-order valence-electron chi connectivity index (χ4n) is 4.14. The highest BCUT2D eigenvalue weighted by molar-refractivity contribution is 5.94. The first-order valence-electron chi connectivity index (χ1n) is 9.63. The van der Waals surface area contributed by atoms with E-state index in [1.54, 1.807) is 0 Å². The molecule has 1 heterocycles. The zero-order valence-corrected chi connectivity index (χ0v) is 15.1. The molecule has 1 fully saturated rings. The second-order valence-electron chi connectivity index (χ2n) is 7.30. The van der Waals surface area contributed by atoms with E-state index in [9.17, 15) is 9.90 Å². The van der Waals surface area contributed by atoms with Crippen molar-refractivity contribution in [2.75, 3.05) is 18.0 Å². The van der Waals surface area contributed by atoms with Crippen molar-refractivity contribution in [3.8, 4) is 11.1 Å². The van der Waals surface area contributed by atoms with E-state index < -0.39 is 5.97 Å². The maximum atomic E-state index is 11.5. The summed E-state index contributed by atoms with van der Waals surface area (Å²) in [6, 6.07) is 15.1. The molecule has 0 saturated carbocycles. The van der Waals surface area contributed by atoms with Gasteiger partial charge in [-0.05, 0) is 79.0 Å². The molecule has 0 unspecified atom stereocenters. The standard InChI is InChI=1S/C23H25NO2/c25-23(26)19-8-4-6-17-7-5-9-21(22(17)16-19)18-10-12-20(13-11-18)24-14-2-1-3-15-24/h5,7,9-13,16H,1-4,6,8,14-15H2,(H,25,26). The van der Waals surface area contributed by atoms with Crippen LogP contribution in [0.15, 0.2) is 48.0 Å². The number of hydrogen-bond donors (Lipinski definition) is 1. The fourth-order valence-corrected chi connectivity index (χ4v) is 4.14. The number of aliphatic carboxylic acids is 1. The van der Waals surface area contributed by atoms with Crippen LogP contribution in [0.2, 0.25) is 0 Å². The van der Waals surface area contributed by atoms with Crippen LogP contribution in [0.4, 0.5) is 5.69 Å². The first kappa shape index (κ1) is 16.9. The Bertz CT molecular complexity index is 830. The minimum atomic E-state index is -0.798. The second kappa shape index (κ2) is 7.36. The zero-order valence-electron chi connectivity index (χ0n) is 15.1. The predicted octanol–water partition coefficient (Wildman–Crippen LogP) is 5.15. The highest BCUT2D eigenvalue weighted by Crippen LogP contribution is 2.33. The van der Waals surface area contributed by atoms with Crippen molar-refractivity contribution in [2.45, 2.75) is 38.5 Å². The number of nitrogens with zero attached hydrogens (tertiary/aromatic N) is 1. The second-order valence-corrected chi connectivity index (χ2v) is 7.30. The molecule has 0 atom stereocenters. The maximum Gasteiger partial charge on any atom is 0.331 e. The molecule has 1 aliphatic heterocycles. The van der Waals surface area contributed by atoms with Crippen molar-refractivity contribution in [1.29, 1.82) is 0 Å². The van der Waals surface area contributed by atoms with Gasteiger partial charge in [-0.25, -0.2) is 4.79 Å². The van der Waals surface area contributed by atoms with E-state index >= 15 is 0 Å². The van der Waals surface area contributed by atoms with Crippen LogP contribution in [-0.4, -0.2) is 24.2 Å². The van der Waals surface area contributed by atoms with Crippen LogP contribution >= 0.6 is 0 Å². The molecule has 26 heavy (non-hydrogen) atoms. The zero-order chi connectivity index (χ0) is 17.9. The molecule has 0 spiro atoms.